The number of nitrogens with zero attached hydrogens (tertiary/aromatic N) is 1. The minimum Gasteiger partial charge on any atom is -0.455 e. The van der Waals surface area contributed by atoms with Crippen molar-refractivity contribution < 1.29 is 4.42 Å². The van der Waals surface area contributed by atoms with Gasteiger partial charge in [0.25, 0.3) is 0 Å². The molecule has 0 aliphatic heterocycles. The Bertz CT molecular complexity index is 2770. The van der Waals surface area contributed by atoms with Crippen LogP contribution in [0.25, 0.3) is 92.2 Å². The number of furan rings is 1. The largest absolute Gasteiger partial charge is 0.455 e. The summed E-state index contributed by atoms with van der Waals surface area (Å²) in [4.78, 5) is 0. The standard InChI is InChI=1S/C44H27NOS/c1-3-10-28(11-4-1)31-22-24-40-37(26-31)35-16-9-15-34(43(35)46-40)30-20-18-29(19-21-30)32-23-25-41-38(27-32)42-44(47-41)36-14-7-8-17-39(36)45(42)33-12-5-2-6-13-33/h1-27H. The second-order valence-electron chi connectivity index (χ2n) is 12.1. The normalized spacial score (nSPS) is 11.8. The van der Waals surface area contributed by atoms with Gasteiger partial charge in [-0.25, -0.2) is 0 Å². The third-order valence-electron chi connectivity index (χ3n) is 9.42. The summed E-state index contributed by atoms with van der Waals surface area (Å²) in [5.41, 5.74) is 12.6. The van der Waals surface area contributed by atoms with E-state index in [1.54, 1.807) is 0 Å². The van der Waals surface area contributed by atoms with Gasteiger partial charge in [0.2, 0.25) is 0 Å². The molecule has 0 aliphatic carbocycles. The van der Waals surface area contributed by atoms with Gasteiger partial charge in [0.05, 0.1) is 15.7 Å². The van der Waals surface area contributed by atoms with Crippen LogP contribution < -0.4 is 0 Å². The first-order valence-electron chi connectivity index (χ1n) is 15.9. The molecule has 3 aromatic heterocycles. The van der Waals surface area contributed by atoms with Gasteiger partial charge in [0, 0.05) is 37.5 Å². The number of hydrogen-bond donors (Lipinski definition) is 0. The van der Waals surface area contributed by atoms with Crippen molar-refractivity contribution in [3.05, 3.63) is 164 Å². The SMILES string of the molecule is c1ccc(-c2ccc3oc4c(-c5ccc(-c6ccc7sc8c9ccccc9n(-c9ccccc9)c8c7c6)cc5)cccc4c3c2)cc1. The van der Waals surface area contributed by atoms with Gasteiger partial charge >= 0.3 is 0 Å². The molecule has 3 heteroatoms. The summed E-state index contributed by atoms with van der Waals surface area (Å²) in [7, 11) is 0. The van der Waals surface area contributed by atoms with E-state index in [0.29, 0.717) is 0 Å². The van der Waals surface area contributed by atoms with Crippen LogP contribution in [-0.2, 0) is 0 Å². The molecule has 0 unspecified atom stereocenters. The van der Waals surface area contributed by atoms with Crippen LogP contribution in [0, 0.1) is 0 Å². The number of thiophene rings is 1. The van der Waals surface area contributed by atoms with Crippen LogP contribution in [-0.4, -0.2) is 4.57 Å². The van der Waals surface area contributed by atoms with Crippen molar-refractivity contribution in [3.8, 4) is 39.1 Å². The molecular weight excluding hydrogens is 591 g/mol. The van der Waals surface area contributed by atoms with Crippen molar-refractivity contribution in [1.29, 1.82) is 0 Å². The monoisotopic (exact) mass is 617 g/mol. The number of aromatic nitrogens is 1. The molecule has 10 aromatic rings. The van der Waals surface area contributed by atoms with Gasteiger partial charge < -0.3 is 8.98 Å². The fourth-order valence-electron chi connectivity index (χ4n) is 7.17. The lowest BCUT2D eigenvalue weighted by Crippen LogP contribution is -1.92. The van der Waals surface area contributed by atoms with E-state index in [1.807, 2.05) is 11.3 Å². The zero-order valence-electron chi connectivity index (χ0n) is 25.4. The highest BCUT2D eigenvalue weighted by molar-refractivity contribution is 7.26. The van der Waals surface area contributed by atoms with Crippen LogP contribution in [0.2, 0.25) is 0 Å². The Morgan fingerprint density at radius 3 is 1.91 bits per heavy atom. The molecule has 0 fully saturated rings. The highest BCUT2D eigenvalue weighted by Crippen LogP contribution is 2.44. The predicted molar refractivity (Wildman–Crippen MR) is 200 cm³/mol. The Morgan fingerprint density at radius 2 is 1.09 bits per heavy atom. The second kappa shape index (κ2) is 10.3. The summed E-state index contributed by atoms with van der Waals surface area (Å²) in [6, 6.07) is 58.8. The van der Waals surface area contributed by atoms with E-state index in [0.717, 1.165) is 33.1 Å². The molecule has 2 nitrogen and oxygen atoms in total. The Balaban J connectivity index is 1.07. The minimum absolute atomic E-state index is 0.909. The first-order chi connectivity index (χ1) is 23.3. The first-order valence-corrected chi connectivity index (χ1v) is 16.7. The van der Waals surface area contributed by atoms with Crippen LogP contribution in [0.1, 0.15) is 0 Å². The summed E-state index contributed by atoms with van der Waals surface area (Å²) in [6.07, 6.45) is 0. The van der Waals surface area contributed by atoms with Gasteiger partial charge in [0.1, 0.15) is 11.2 Å². The molecule has 0 atom stereocenters. The van der Waals surface area contributed by atoms with E-state index in [4.69, 9.17) is 4.42 Å². The summed E-state index contributed by atoms with van der Waals surface area (Å²) in [5, 5.41) is 4.87. The zero-order chi connectivity index (χ0) is 30.9. The Morgan fingerprint density at radius 1 is 0.447 bits per heavy atom. The van der Waals surface area contributed by atoms with Crippen LogP contribution in [0.3, 0.4) is 0 Å². The quantitative estimate of drug-likeness (QED) is 0.192. The zero-order valence-corrected chi connectivity index (χ0v) is 26.2. The molecule has 7 aromatic carbocycles. The highest BCUT2D eigenvalue weighted by Gasteiger charge is 2.18. The van der Waals surface area contributed by atoms with Gasteiger partial charge in [-0.3, -0.25) is 0 Å². The van der Waals surface area contributed by atoms with Crippen LogP contribution in [0.15, 0.2) is 168 Å². The molecule has 0 spiro atoms. The fraction of sp³-hybridized carbons (Fsp3) is 0. The van der Waals surface area contributed by atoms with E-state index in [9.17, 15) is 0 Å². The Kier molecular flexibility index (Phi) is 5.78. The highest BCUT2D eigenvalue weighted by atomic mass is 32.1. The van der Waals surface area contributed by atoms with Gasteiger partial charge in [-0.15, -0.1) is 11.3 Å². The predicted octanol–water partition coefficient (Wildman–Crippen LogP) is 12.9. The maximum absolute atomic E-state index is 6.50. The second-order valence-corrected chi connectivity index (χ2v) is 13.2. The smallest absolute Gasteiger partial charge is 0.143 e. The van der Waals surface area contributed by atoms with Gasteiger partial charge in [0.15, 0.2) is 0 Å². The molecule has 3 heterocycles. The van der Waals surface area contributed by atoms with E-state index < -0.39 is 0 Å². The van der Waals surface area contributed by atoms with Gasteiger partial charge in [-0.1, -0.05) is 121 Å². The summed E-state index contributed by atoms with van der Waals surface area (Å²) < 4.78 is 11.6. The number of rotatable bonds is 4. The maximum Gasteiger partial charge on any atom is 0.143 e. The first kappa shape index (κ1) is 26.3. The van der Waals surface area contributed by atoms with Crippen LogP contribution in [0.5, 0.6) is 0 Å². The molecular formula is C44H27NOS. The van der Waals surface area contributed by atoms with Crippen LogP contribution >= 0.6 is 11.3 Å². The van der Waals surface area contributed by atoms with Gasteiger partial charge in [-0.05, 0) is 70.3 Å². The molecule has 0 aliphatic rings. The summed E-state index contributed by atoms with van der Waals surface area (Å²) >= 11 is 1.88. The average Bonchev–Trinajstić information content (AvgIpc) is 3.81. The molecule has 0 amide bonds. The molecule has 47 heavy (non-hydrogen) atoms. The molecule has 10 rings (SSSR count). The minimum atomic E-state index is 0.909. The van der Waals surface area contributed by atoms with E-state index in [-0.39, 0.29) is 0 Å². The van der Waals surface area contributed by atoms with Crippen molar-refractivity contribution >= 4 is 64.5 Å². The van der Waals surface area contributed by atoms with Crippen LogP contribution in [0.4, 0.5) is 0 Å². The average molecular weight is 618 g/mol. The molecule has 0 saturated carbocycles. The molecule has 0 bridgehead atoms. The molecule has 0 radical (unpaired) electrons. The lowest BCUT2D eigenvalue weighted by molar-refractivity contribution is 0.670. The molecule has 0 N–H and O–H groups in total. The van der Waals surface area contributed by atoms with E-state index in [2.05, 4.69) is 168 Å². The van der Waals surface area contributed by atoms with E-state index in [1.165, 1.54) is 59.1 Å². The Labute approximate surface area is 275 Å². The van der Waals surface area contributed by atoms with Crippen molar-refractivity contribution in [2.45, 2.75) is 0 Å². The fourth-order valence-corrected chi connectivity index (χ4v) is 8.38. The topological polar surface area (TPSA) is 18.1 Å². The molecule has 0 saturated heterocycles. The number of benzene rings is 7. The number of para-hydroxylation sites is 3. The number of fused-ring (bicyclic) bond motifs is 8. The van der Waals surface area contributed by atoms with Gasteiger partial charge in [-0.2, -0.15) is 0 Å². The summed E-state index contributed by atoms with van der Waals surface area (Å²) in [5.74, 6) is 0. The number of hydrogen-bond acceptors (Lipinski definition) is 2. The van der Waals surface area contributed by atoms with E-state index >= 15 is 0 Å². The Hall–Kier alpha value is -5.90. The van der Waals surface area contributed by atoms with Crippen molar-refractivity contribution in [3.63, 3.8) is 0 Å². The molecule has 220 valence electrons. The maximum atomic E-state index is 6.50. The van der Waals surface area contributed by atoms with Crippen molar-refractivity contribution in [1.82, 2.24) is 4.57 Å². The lowest BCUT2D eigenvalue weighted by atomic mass is 9.98. The third kappa shape index (κ3) is 4.10. The van der Waals surface area contributed by atoms with Crippen molar-refractivity contribution in [2.24, 2.45) is 0 Å². The summed E-state index contributed by atoms with van der Waals surface area (Å²) in [6.45, 7) is 0. The lowest BCUT2D eigenvalue weighted by Gasteiger charge is -2.09. The van der Waals surface area contributed by atoms with Crippen molar-refractivity contribution in [2.75, 3.05) is 0 Å². The third-order valence-corrected chi connectivity index (χ3v) is 10.6.